The molecule has 0 unspecified atom stereocenters. The van der Waals surface area contributed by atoms with Crippen LogP contribution >= 0.6 is 0 Å². The van der Waals surface area contributed by atoms with Crippen molar-refractivity contribution in [2.45, 2.75) is 31.4 Å². The topological polar surface area (TPSA) is 64.9 Å². The Kier molecular flexibility index (Phi) is 6.07. The highest BCUT2D eigenvalue weighted by molar-refractivity contribution is 5.98. The summed E-state index contributed by atoms with van der Waals surface area (Å²) in [6.45, 7) is 1.22. The standard InChI is InChI=1S/C28H29N3O2/c1-31-15-5-8-27(31)30-23-14-13-22-16-25(32)28(24(22)17-23)29-18-26(33)21-11-9-20(10-12-21)19-6-3-2-4-7-19/h2-4,6-7,9-14,17,25,28-29,32H,5,8,15-16,18H2,1H3/t25-,28-/m1/s1. The minimum Gasteiger partial charge on any atom is -0.391 e. The number of likely N-dealkylation sites (tertiary alicyclic amines) is 1. The molecule has 33 heavy (non-hydrogen) atoms. The number of hydrogen-bond donors (Lipinski definition) is 2. The fraction of sp³-hybridized carbons (Fsp3) is 0.286. The Morgan fingerprint density at radius 3 is 2.55 bits per heavy atom. The van der Waals surface area contributed by atoms with Crippen molar-refractivity contribution in [2.24, 2.45) is 4.99 Å². The van der Waals surface area contributed by atoms with Crippen LogP contribution in [0.5, 0.6) is 0 Å². The second kappa shape index (κ2) is 9.30. The van der Waals surface area contributed by atoms with Gasteiger partial charge in [-0.3, -0.25) is 4.79 Å². The molecule has 1 aliphatic heterocycles. The van der Waals surface area contributed by atoms with Crippen molar-refractivity contribution < 1.29 is 9.90 Å². The minimum absolute atomic E-state index is 0.0132. The zero-order valence-corrected chi connectivity index (χ0v) is 18.9. The number of benzene rings is 3. The van der Waals surface area contributed by atoms with E-state index in [1.165, 1.54) is 0 Å². The highest BCUT2D eigenvalue weighted by Crippen LogP contribution is 2.34. The normalized spacial score (nSPS) is 20.9. The van der Waals surface area contributed by atoms with Crippen molar-refractivity contribution in [1.82, 2.24) is 10.2 Å². The Morgan fingerprint density at radius 1 is 1.06 bits per heavy atom. The maximum absolute atomic E-state index is 12.8. The fourth-order valence-corrected chi connectivity index (χ4v) is 4.79. The van der Waals surface area contributed by atoms with Gasteiger partial charge in [-0.05, 0) is 40.8 Å². The lowest BCUT2D eigenvalue weighted by Crippen LogP contribution is -2.33. The number of rotatable bonds is 6. The fourth-order valence-electron chi connectivity index (χ4n) is 4.79. The van der Waals surface area contributed by atoms with E-state index in [-0.39, 0.29) is 18.4 Å². The molecule has 2 N–H and O–H groups in total. The summed E-state index contributed by atoms with van der Waals surface area (Å²) in [4.78, 5) is 19.8. The van der Waals surface area contributed by atoms with Crippen LogP contribution in [0.2, 0.25) is 0 Å². The zero-order chi connectivity index (χ0) is 22.8. The van der Waals surface area contributed by atoms with Crippen LogP contribution < -0.4 is 5.32 Å². The van der Waals surface area contributed by atoms with Gasteiger partial charge in [0.25, 0.3) is 0 Å². The number of hydrogen-bond acceptors (Lipinski definition) is 4. The first kappa shape index (κ1) is 21.6. The van der Waals surface area contributed by atoms with Gasteiger partial charge in [0.05, 0.1) is 24.4 Å². The number of carbonyl (C=O) groups excluding carboxylic acids is 1. The Labute approximate surface area is 194 Å². The van der Waals surface area contributed by atoms with E-state index in [1.807, 2.05) is 48.5 Å². The summed E-state index contributed by atoms with van der Waals surface area (Å²) in [7, 11) is 2.07. The maximum Gasteiger partial charge on any atom is 0.176 e. The van der Waals surface area contributed by atoms with Crippen LogP contribution in [0.3, 0.4) is 0 Å². The molecule has 5 rings (SSSR count). The van der Waals surface area contributed by atoms with Gasteiger partial charge < -0.3 is 15.3 Å². The molecule has 1 aliphatic carbocycles. The molecular formula is C28H29N3O2. The van der Waals surface area contributed by atoms with Crippen LogP contribution in [0.1, 0.15) is 40.4 Å². The Balaban J connectivity index is 1.27. The molecule has 1 saturated heterocycles. The summed E-state index contributed by atoms with van der Waals surface area (Å²) in [5.74, 6) is 1.12. The lowest BCUT2D eigenvalue weighted by molar-refractivity contribution is 0.0964. The van der Waals surface area contributed by atoms with Crippen LogP contribution in [0.25, 0.3) is 11.1 Å². The second-order valence-electron chi connectivity index (χ2n) is 8.93. The Bertz CT molecular complexity index is 1170. The van der Waals surface area contributed by atoms with Crippen LogP contribution in [0.4, 0.5) is 5.69 Å². The molecule has 0 radical (unpaired) electrons. The van der Waals surface area contributed by atoms with Crippen LogP contribution in [-0.2, 0) is 6.42 Å². The molecule has 0 amide bonds. The molecule has 0 saturated carbocycles. The third-order valence-electron chi connectivity index (χ3n) is 6.67. The summed E-state index contributed by atoms with van der Waals surface area (Å²) in [5, 5.41) is 14.0. The Hall–Kier alpha value is -3.28. The van der Waals surface area contributed by atoms with Gasteiger partial charge in [0.15, 0.2) is 5.78 Å². The second-order valence-corrected chi connectivity index (χ2v) is 8.93. The van der Waals surface area contributed by atoms with E-state index in [2.05, 4.69) is 41.5 Å². The summed E-state index contributed by atoms with van der Waals surface area (Å²) in [6, 6.07) is 23.7. The lowest BCUT2D eigenvalue weighted by Gasteiger charge is -2.18. The number of nitrogens with zero attached hydrogens (tertiary/aromatic N) is 2. The molecule has 2 atom stereocenters. The molecule has 168 valence electrons. The van der Waals surface area contributed by atoms with Gasteiger partial charge >= 0.3 is 0 Å². The van der Waals surface area contributed by atoms with Gasteiger partial charge in [-0.15, -0.1) is 0 Å². The van der Waals surface area contributed by atoms with Crippen LogP contribution in [-0.4, -0.2) is 47.9 Å². The number of fused-ring (bicyclic) bond motifs is 1. The summed E-state index contributed by atoms with van der Waals surface area (Å²) >= 11 is 0. The molecule has 5 heteroatoms. The monoisotopic (exact) mass is 439 g/mol. The summed E-state index contributed by atoms with van der Waals surface area (Å²) in [5.41, 5.74) is 5.94. The average molecular weight is 440 g/mol. The average Bonchev–Trinajstić information content (AvgIpc) is 3.39. The molecule has 3 aromatic rings. The number of aliphatic imine (C=N–C) groups is 1. The molecule has 0 spiro atoms. The minimum atomic E-state index is -0.551. The largest absolute Gasteiger partial charge is 0.391 e. The van der Waals surface area contributed by atoms with Gasteiger partial charge in [-0.1, -0.05) is 60.7 Å². The van der Waals surface area contributed by atoms with E-state index in [0.717, 1.165) is 53.2 Å². The summed E-state index contributed by atoms with van der Waals surface area (Å²) in [6.07, 6.45) is 2.17. The zero-order valence-electron chi connectivity index (χ0n) is 18.9. The maximum atomic E-state index is 12.8. The molecule has 2 aliphatic rings. The lowest BCUT2D eigenvalue weighted by atomic mass is 10.0. The highest BCUT2D eigenvalue weighted by atomic mass is 16.3. The van der Waals surface area contributed by atoms with E-state index in [4.69, 9.17) is 4.99 Å². The van der Waals surface area contributed by atoms with Crippen molar-refractivity contribution in [3.05, 3.63) is 89.5 Å². The molecule has 0 bridgehead atoms. The number of nitrogens with one attached hydrogen (secondary N) is 1. The van der Waals surface area contributed by atoms with E-state index >= 15 is 0 Å². The molecule has 3 aromatic carbocycles. The SMILES string of the molecule is CN1CCCC1=Nc1ccc2c(c1)[C@@H](NCC(=O)c1ccc(-c3ccccc3)cc1)[C@H](O)C2. The van der Waals surface area contributed by atoms with E-state index in [0.29, 0.717) is 12.0 Å². The van der Waals surface area contributed by atoms with Gasteiger partial charge in [-0.2, -0.15) is 0 Å². The number of carbonyl (C=O) groups is 1. The predicted octanol–water partition coefficient (Wildman–Crippen LogP) is 4.54. The Morgan fingerprint density at radius 2 is 1.82 bits per heavy atom. The molecule has 1 fully saturated rings. The van der Waals surface area contributed by atoms with Crippen molar-refractivity contribution in [3.63, 3.8) is 0 Å². The van der Waals surface area contributed by atoms with Crippen LogP contribution in [0.15, 0.2) is 77.8 Å². The first-order valence-corrected chi connectivity index (χ1v) is 11.6. The molecule has 5 nitrogen and oxygen atoms in total. The third-order valence-corrected chi connectivity index (χ3v) is 6.67. The van der Waals surface area contributed by atoms with Crippen molar-refractivity contribution in [3.8, 4) is 11.1 Å². The van der Waals surface area contributed by atoms with Gasteiger partial charge in [-0.25, -0.2) is 4.99 Å². The molecular weight excluding hydrogens is 410 g/mol. The van der Waals surface area contributed by atoms with Crippen molar-refractivity contribution in [2.75, 3.05) is 20.1 Å². The highest BCUT2D eigenvalue weighted by Gasteiger charge is 2.31. The number of aliphatic hydroxyl groups excluding tert-OH is 1. The molecule has 1 heterocycles. The number of aliphatic hydroxyl groups is 1. The smallest absolute Gasteiger partial charge is 0.176 e. The quantitative estimate of drug-likeness (QED) is 0.554. The number of Topliss-reactive ketones (excluding diaryl/α,β-unsaturated/α-hetero) is 1. The van der Waals surface area contributed by atoms with Crippen molar-refractivity contribution in [1.29, 1.82) is 0 Å². The molecule has 0 aromatic heterocycles. The summed E-state index contributed by atoms with van der Waals surface area (Å²) < 4.78 is 0. The van der Waals surface area contributed by atoms with E-state index < -0.39 is 6.10 Å². The number of ketones is 1. The van der Waals surface area contributed by atoms with E-state index in [9.17, 15) is 9.90 Å². The van der Waals surface area contributed by atoms with Crippen LogP contribution in [0, 0.1) is 0 Å². The predicted molar refractivity (Wildman–Crippen MR) is 132 cm³/mol. The number of amidine groups is 1. The van der Waals surface area contributed by atoms with Gasteiger partial charge in [0, 0.05) is 32.0 Å². The first-order valence-electron chi connectivity index (χ1n) is 11.6. The van der Waals surface area contributed by atoms with Gasteiger partial charge in [0.1, 0.15) is 5.84 Å². The first-order chi connectivity index (χ1) is 16.1. The third kappa shape index (κ3) is 4.61. The van der Waals surface area contributed by atoms with Crippen molar-refractivity contribution >= 4 is 17.3 Å². The van der Waals surface area contributed by atoms with Gasteiger partial charge in [0.2, 0.25) is 0 Å². The van der Waals surface area contributed by atoms with E-state index in [1.54, 1.807) is 0 Å².